The number of carbonyl (C=O) groups is 1. The monoisotopic (exact) mass is 523 g/mol. The Morgan fingerprint density at radius 1 is 1.14 bits per heavy atom. The summed E-state index contributed by atoms with van der Waals surface area (Å²) in [6.45, 7) is 4.81. The van der Waals surface area contributed by atoms with E-state index in [2.05, 4.69) is 22.0 Å². The number of nitriles is 2. The summed E-state index contributed by atoms with van der Waals surface area (Å²) in [5.41, 5.74) is 4.15. The number of carbonyl (C=O) groups excluding carboxylic acids is 1. The maximum absolute atomic E-state index is 12.4. The number of hydrogen-bond acceptors (Lipinski definition) is 9. The summed E-state index contributed by atoms with van der Waals surface area (Å²) in [6.07, 6.45) is 2.76. The molecule has 0 unspecified atom stereocenters. The predicted molar refractivity (Wildman–Crippen MR) is 133 cm³/mol. The molecule has 1 saturated heterocycles. The van der Waals surface area contributed by atoms with Crippen LogP contribution < -0.4 is 4.74 Å². The van der Waals surface area contributed by atoms with Crippen LogP contribution in [0.4, 0.5) is 0 Å². The third kappa shape index (κ3) is 6.63. The summed E-state index contributed by atoms with van der Waals surface area (Å²) in [7, 11) is -3.70. The van der Waals surface area contributed by atoms with Crippen LogP contribution in [0.25, 0.3) is 0 Å². The highest BCUT2D eigenvalue weighted by molar-refractivity contribution is 7.89. The lowest BCUT2D eigenvalue weighted by atomic mass is 9.99. The van der Waals surface area contributed by atoms with Crippen molar-refractivity contribution in [1.29, 1.82) is 10.5 Å². The first kappa shape index (κ1) is 26.6. The quantitative estimate of drug-likeness (QED) is 0.453. The van der Waals surface area contributed by atoms with E-state index >= 15 is 0 Å². The first-order valence-corrected chi connectivity index (χ1v) is 13.8. The number of benzene rings is 1. The van der Waals surface area contributed by atoms with Crippen LogP contribution in [0.1, 0.15) is 47.7 Å². The Kier molecular flexibility index (Phi) is 8.39. The Labute approximate surface area is 217 Å². The number of fused-ring (bicyclic) bond motifs is 1. The fourth-order valence-corrected chi connectivity index (χ4v) is 5.99. The Morgan fingerprint density at radius 3 is 2.59 bits per heavy atom. The van der Waals surface area contributed by atoms with Crippen molar-refractivity contribution in [3.63, 3.8) is 0 Å². The van der Waals surface area contributed by atoms with Gasteiger partial charge in [0.1, 0.15) is 6.07 Å². The summed E-state index contributed by atoms with van der Waals surface area (Å²) in [5.74, 6) is -0.848. The van der Waals surface area contributed by atoms with E-state index < -0.39 is 21.7 Å². The lowest BCUT2D eigenvalue weighted by Gasteiger charge is -2.30. The van der Waals surface area contributed by atoms with Crippen molar-refractivity contribution in [2.45, 2.75) is 39.4 Å². The number of esters is 1. The number of pyridine rings is 1. The Hall–Kier alpha value is -3.51. The molecule has 1 aromatic carbocycles. The molecule has 1 aromatic heterocycles. The van der Waals surface area contributed by atoms with Crippen LogP contribution >= 0.6 is 0 Å². The molecule has 3 heterocycles. The van der Waals surface area contributed by atoms with Gasteiger partial charge in [0.15, 0.2) is 11.5 Å². The van der Waals surface area contributed by atoms with Crippen molar-refractivity contribution in [2.75, 3.05) is 32.1 Å². The molecule has 194 valence electrons. The summed E-state index contributed by atoms with van der Waals surface area (Å²) in [4.78, 5) is 18.3. The van der Waals surface area contributed by atoms with Gasteiger partial charge < -0.3 is 9.47 Å². The van der Waals surface area contributed by atoms with Gasteiger partial charge in [-0.1, -0.05) is 6.07 Å². The predicted octanol–water partition coefficient (Wildman–Crippen LogP) is 2.32. The molecule has 11 heteroatoms. The van der Waals surface area contributed by atoms with Gasteiger partial charge >= 0.3 is 5.97 Å². The first-order chi connectivity index (χ1) is 17.8. The molecule has 4 rings (SSSR count). The van der Waals surface area contributed by atoms with Gasteiger partial charge in [-0.15, -0.1) is 0 Å². The average Bonchev–Trinajstić information content (AvgIpc) is 3.29. The van der Waals surface area contributed by atoms with Gasteiger partial charge in [-0.2, -0.15) is 10.5 Å². The third-order valence-electron chi connectivity index (χ3n) is 6.60. The molecule has 0 saturated carbocycles. The fraction of sp³-hybridized carbons (Fsp3) is 0.462. The van der Waals surface area contributed by atoms with E-state index in [0.717, 1.165) is 24.3 Å². The van der Waals surface area contributed by atoms with E-state index in [0.29, 0.717) is 56.0 Å². The maximum Gasteiger partial charge on any atom is 0.322 e. The molecule has 0 aliphatic carbocycles. The number of hydrogen-bond donors (Lipinski definition) is 0. The van der Waals surface area contributed by atoms with Gasteiger partial charge in [-0.3, -0.25) is 14.7 Å². The molecule has 37 heavy (non-hydrogen) atoms. The van der Waals surface area contributed by atoms with Crippen LogP contribution in [0.5, 0.6) is 5.75 Å². The van der Waals surface area contributed by atoms with Crippen LogP contribution in [-0.4, -0.2) is 60.6 Å². The van der Waals surface area contributed by atoms with E-state index in [4.69, 9.17) is 14.7 Å². The van der Waals surface area contributed by atoms with Gasteiger partial charge in [-0.25, -0.2) is 12.7 Å². The standard InChI is InChI=1S/C26H29N5O5S/c1-2-35-26(32)18-37(33,34)31-7-5-19(6-8-31)17-36-25-13-29-24(10-22(25)12-28)16-30-14-21-4-3-20(11-27)9-23(21)15-30/h3-4,9-10,13,19H,2,5-8,14-18H2,1H3. The number of sulfonamides is 1. The third-order valence-corrected chi connectivity index (χ3v) is 8.35. The van der Waals surface area contributed by atoms with Crippen molar-refractivity contribution < 1.29 is 22.7 Å². The van der Waals surface area contributed by atoms with E-state index in [-0.39, 0.29) is 12.5 Å². The second kappa shape index (κ2) is 11.7. The summed E-state index contributed by atoms with van der Waals surface area (Å²) in [6, 6.07) is 11.8. The normalized spacial score (nSPS) is 16.5. The highest BCUT2D eigenvalue weighted by Gasteiger charge is 2.30. The molecular weight excluding hydrogens is 494 g/mol. The van der Waals surface area contributed by atoms with Crippen LogP contribution in [0, 0.1) is 28.6 Å². The van der Waals surface area contributed by atoms with Crippen molar-refractivity contribution in [1.82, 2.24) is 14.2 Å². The average molecular weight is 524 g/mol. The molecule has 0 radical (unpaired) electrons. The Bertz CT molecular complexity index is 1340. The minimum absolute atomic E-state index is 0.127. The zero-order valence-corrected chi connectivity index (χ0v) is 21.5. The van der Waals surface area contributed by atoms with Crippen molar-refractivity contribution >= 4 is 16.0 Å². The first-order valence-electron chi connectivity index (χ1n) is 12.2. The molecule has 0 atom stereocenters. The van der Waals surface area contributed by atoms with Crippen molar-refractivity contribution in [3.05, 3.63) is 58.4 Å². The molecule has 2 aliphatic heterocycles. The van der Waals surface area contributed by atoms with E-state index in [1.54, 1.807) is 19.2 Å². The smallest absolute Gasteiger partial charge is 0.322 e. The van der Waals surface area contributed by atoms with Crippen molar-refractivity contribution in [3.8, 4) is 17.9 Å². The van der Waals surface area contributed by atoms with Crippen LogP contribution in [-0.2, 0) is 39.2 Å². The zero-order valence-electron chi connectivity index (χ0n) is 20.7. The highest BCUT2D eigenvalue weighted by Crippen LogP contribution is 2.27. The van der Waals surface area contributed by atoms with Crippen LogP contribution in [0.15, 0.2) is 30.5 Å². The molecule has 10 nitrogen and oxygen atoms in total. The summed E-state index contributed by atoms with van der Waals surface area (Å²) >= 11 is 0. The van der Waals surface area contributed by atoms with E-state index in [1.807, 2.05) is 18.2 Å². The second-order valence-electron chi connectivity index (χ2n) is 9.24. The zero-order chi connectivity index (χ0) is 26.4. The van der Waals surface area contributed by atoms with Gasteiger partial charge in [-0.05, 0) is 55.0 Å². The molecule has 1 fully saturated rings. The van der Waals surface area contributed by atoms with Gasteiger partial charge in [0.2, 0.25) is 10.0 Å². The van der Waals surface area contributed by atoms with Gasteiger partial charge in [0.25, 0.3) is 0 Å². The number of piperidine rings is 1. The summed E-state index contributed by atoms with van der Waals surface area (Å²) < 4.78 is 36.8. The van der Waals surface area contributed by atoms with E-state index in [9.17, 15) is 18.5 Å². The van der Waals surface area contributed by atoms with Gasteiger partial charge in [0, 0.05) is 32.7 Å². The van der Waals surface area contributed by atoms with Crippen LogP contribution in [0.3, 0.4) is 0 Å². The number of nitrogens with zero attached hydrogens (tertiary/aromatic N) is 5. The molecule has 0 bridgehead atoms. The molecule has 2 aliphatic rings. The second-order valence-corrected chi connectivity index (χ2v) is 11.2. The molecule has 0 amide bonds. The van der Waals surface area contributed by atoms with Crippen LogP contribution in [0.2, 0.25) is 0 Å². The summed E-state index contributed by atoms with van der Waals surface area (Å²) in [5, 5.41) is 18.8. The lowest BCUT2D eigenvalue weighted by Crippen LogP contribution is -2.42. The topological polar surface area (TPSA) is 137 Å². The lowest BCUT2D eigenvalue weighted by molar-refractivity contribution is -0.140. The Morgan fingerprint density at radius 2 is 1.89 bits per heavy atom. The maximum atomic E-state index is 12.4. The number of ether oxygens (including phenoxy) is 2. The fourth-order valence-electron chi connectivity index (χ4n) is 4.66. The number of rotatable bonds is 9. The van der Waals surface area contributed by atoms with E-state index in [1.165, 1.54) is 9.87 Å². The molecule has 2 aromatic rings. The minimum atomic E-state index is -3.70. The minimum Gasteiger partial charge on any atom is -0.490 e. The number of aromatic nitrogens is 1. The largest absolute Gasteiger partial charge is 0.490 e. The molecule has 0 N–H and O–H groups in total. The Balaban J connectivity index is 1.28. The molecular formula is C26H29N5O5S. The molecule has 0 spiro atoms. The van der Waals surface area contributed by atoms with Gasteiger partial charge in [0.05, 0.1) is 42.3 Å². The van der Waals surface area contributed by atoms with Crippen molar-refractivity contribution in [2.24, 2.45) is 5.92 Å². The SMILES string of the molecule is CCOC(=O)CS(=O)(=O)N1CCC(COc2cnc(CN3Cc4ccc(C#N)cc4C3)cc2C#N)CC1. The highest BCUT2D eigenvalue weighted by atomic mass is 32.2.